The van der Waals surface area contributed by atoms with Crippen LogP contribution in [0.25, 0.3) is 0 Å². The highest BCUT2D eigenvalue weighted by atomic mass is 35.5. The molecule has 1 aliphatic heterocycles. The number of aliphatic hydroxyl groups excluding tert-OH is 1. The number of halogens is 1. The lowest BCUT2D eigenvalue weighted by Gasteiger charge is -2.14. The zero-order chi connectivity index (χ0) is 13.2. The van der Waals surface area contributed by atoms with Crippen LogP contribution in [0.4, 0.5) is 0 Å². The van der Waals surface area contributed by atoms with E-state index in [1.807, 2.05) is 0 Å². The van der Waals surface area contributed by atoms with Crippen molar-refractivity contribution in [2.75, 3.05) is 13.2 Å². The van der Waals surface area contributed by atoms with E-state index in [2.05, 4.69) is 0 Å². The second-order valence-corrected chi connectivity index (χ2v) is 4.70. The van der Waals surface area contributed by atoms with Gasteiger partial charge >= 0.3 is 0 Å². The maximum Gasteiger partial charge on any atom is 0.162 e. The second-order valence-electron chi connectivity index (χ2n) is 4.29. The minimum atomic E-state index is -0.917. The van der Waals surface area contributed by atoms with Gasteiger partial charge in [0.05, 0.1) is 24.5 Å². The molecule has 0 saturated carbocycles. The minimum absolute atomic E-state index is 0.424. The highest BCUT2D eigenvalue weighted by Gasteiger charge is 2.21. The third-order valence-electron chi connectivity index (χ3n) is 2.97. The van der Waals surface area contributed by atoms with Gasteiger partial charge in [-0.25, -0.2) is 0 Å². The van der Waals surface area contributed by atoms with Gasteiger partial charge in [-0.15, -0.1) is 0 Å². The van der Waals surface area contributed by atoms with Crippen LogP contribution >= 0.6 is 11.6 Å². The largest absolute Gasteiger partial charge is 0.490 e. The molecule has 0 saturated heterocycles. The van der Waals surface area contributed by atoms with E-state index in [0.29, 0.717) is 41.1 Å². The minimum Gasteiger partial charge on any atom is -0.490 e. The van der Waals surface area contributed by atoms with Crippen molar-refractivity contribution in [3.8, 4) is 11.5 Å². The summed E-state index contributed by atoms with van der Waals surface area (Å²) in [6.07, 6.45) is 1.41. The van der Waals surface area contributed by atoms with Crippen LogP contribution in [0.5, 0.6) is 11.5 Å². The summed E-state index contributed by atoms with van der Waals surface area (Å²) in [4.78, 5) is 0. The van der Waals surface area contributed by atoms with Crippen LogP contribution in [0.3, 0.4) is 0 Å². The molecule has 1 N–H and O–H groups in total. The van der Waals surface area contributed by atoms with Crippen LogP contribution in [-0.4, -0.2) is 18.3 Å². The van der Waals surface area contributed by atoms with Gasteiger partial charge in [0, 0.05) is 18.1 Å². The average molecular weight is 281 g/mol. The van der Waals surface area contributed by atoms with Gasteiger partial charge in [-0.2, -0.15) is 0 Å². The molecule has 0 spiro atoms. The molecule has 5 heteroatoms. The topological polar surface area (TPSA) is 51.8 Å². The number of aliphatic hydroxyl groups is 1. The van der Waals surface area contributed by atoms with Crippen LogP contribution in [0.1, 0.15) is 23.8 Å². The van der Waals surface area contributed by atoms with E-state index in [-0.39, 0.29) is 0 Å². The molecule has 1 aromatic heterocycles. The molecule has 0 fully saturated rings. The third-order valence-corrected chi connectivity index (χ3v) is 3.30. The first-order chi connectivity index (χ1) is 9.25. The highest BCUT2D eigenvalue weighted by molar-refractivity contribution is 6.31. The molecule has 0 bridgehead atoms. The number of rotatable bonds is 2. The smallest absolute Gasteiger partial charge is 0.162 e. The van der Waals surface area contributed by atoms with E-state index in [0.717, 1.165) is 6.42 Å². The molecule has 0 radical (unpaired) electrons. The zero-order valence-corrected chi connectivity index (χ0v) is 10.9. The maximum absolute atomic E-state index is 10.3. The van der Waals surface area contributed by atoms with E-state index in [1.165, 1.54) is 6.26 Å². The summed E-state index contributed by atoms with van der Waals surface area (Å²) in [5.74, 6) is 1.65. The van der Waals surface area contributed by atoms with Gasteiger partial charge in [-0.1, -0.05) is 11.6 Å². The Bertz CT molecular complexity index is 565. The van der Waals surface area contributed by atoms with Gasteiger partial charge in [-0.05, 0) is 18.2 Å². The number of benzene rings is 1. The van der Waals surface area contributed by atoms with Gasteiger partial charge in [0.2, 0.25) is 0 Å². The predicted molar refractivity (Wildman–Crippen MR) is 69.8 cm³/mol. The van der Waals surface area contributed by atoms with Crippen molar-refractivity contribution in [1.82, 2.24) is 0 Å². The van der Waals surface area contributed by atoms with Crippen molar-refractivity contribution in [1.29, 1.82) is 0 Å². The Morgan fingerprint density at radius 2 is 1.89 bits per heavy atom. The Kier molecular flexibility index (Phi) is 3.36. The molecule has 4 nitrogen and oxygen atoms in total. The Morgan fingerprint density at radius 1 is 1.16 bits per heavy atom. The molecule has 1 aromatic carbocycles. The summed E-state index contributed by atoms with van der Waals surface area (Å²) < 4.78 is 16.3. The van der Waals surface area contributed by atoms with Crippen LogP contribution in [0.15, 0.2) is 34.9 Å². The van der Waals surface area contributed by atoms with Crippen LogP contribution < -0.4 is 9.47 Å². The quantitative estimate of drug-likeness (QED) is 0.918. The van der Waals surface area contributed by atoms with E-state index in [1.54, 1.807) is 24.3 Å². The van der Waals surface area contributed by atoms with Crippen molar-refractivity contribution in [2.45, 2.75) is 12.5 Å². The first-order valence-corrected chi connectivity index (χ1v) is 6.44. The number of fused-ring (bicyclic) bond motifs is 1. The van der Waals surface area contributed by atoms with Gasteiger partial charge in [0.25, 0.3) is 0 Å². The van der Waals surface area contributed by atoms with Crippen molar-refractivity contribution < 1.29 is 19.0 Å². The molecule has 1 aliphatic rings. The Morgan fingerprint density at radius 3 is 2.58 bits per heavy atom. The molecule has 2 heterocycles. The lowest BCUT2D eigenvalue weighted by molar-refractivity contribution is 0.189. The first-order valence-electron chi connectivity index (χ1n) is 6.06. The SMILES string of the molecule is OC(c1ccco1)c1cc2c(cc1Cl)OCCCO2. The summed E-state index contributed by atoms with van der Waals surface area (Å²) in [5, 5.41) is 10.7. The third kappa shape index (κ3) is 2.41. The number of furan rings is 1. The molecular weight excluding hydrogens is 268 g/mol. The predicted octanol–water partition coefficient (Wildman–Crippen LogP) is 3.18. The Balaban J connectivity index is 2.00. The summed E-state index contributed by atoms with van der Waals surface area (Å²) in [7, 11) is 0. The van der Waals surface area contributed by atoms with E-state index >= 15 is 0 Å². The van der Waals surface area contributed by atoms with Crippen LogP contribution in [0, 0.1) is 0 Å². The second kappa shape index (κ2) is 5.15. The first kappa shape index (κ1) is 12.4. The van der Waals surface area contributed by atoms with Gasteiger partial charge < -0.3 is 19.0 Å². The molecule has 0 aliphatic carbocycles. The molecule has 100 valence electrons. The van der Waals surface area contributed by atoms with Crippen molar-refractivity contribution in [3.05, 3.63) is 46.9 Å². The van der Waals surface area contributed by atoms with E-state index in [4.69, 9.17) is 25.5 Å². The molecule has 3 rings (SSSR count). The van der Waals surface area contributed by atoms with Gasteiger partial charge in [-0.3, -0.25) is 0 Å². The fourth-order valence-corrected chi connectivity index (χ4v) is 2.27. The van der Waals surface area contributed by atoms with E-state index < -0.39 is 6.10 Å². The summed E-state index contributed by atoms with van der Waals surface area (Å²) in [6.45, 7) is 1.19. The Labute approximate surface area is 115 Å². The number of hydrogen-bond acceptors (Lipinski definition) is 4. The van der Waals surface area contributed by atoms with Gasteiger partial charge in [0.1, 0.15) is 11.9 Å². The average Bonchev–Trinajstić information content (AvgIpc) is 2.84. The fourth-order valence-electron chi connectivity index (χ4n) is 2.01. The molecule has 19 heavy (non-hydrogen) atoms. The summed E-state index contributed by atoms with van der Waals surface area (Å²) in [6, 6.07) is 6.79. The molecule has 1 unspecified atom stereocenters. The fraction of sp³-hybridized carbons (Fsp3) is 0.286. The normalized spacial score (nSPS) is 15.9. The standard InChI is InChI=1S/C14H13ClO4/c15-10-8-13-12(18-5-2-6-19-13)7-9(10)14(16)11-3-1-4-17-11/h1,3-4,7-8,14,16H,2,5-6H2. The Hall–Kier alpha value is -1.65. The van der Waals surface area contributed by atoms with Crippen molar-refractivity contribution in [2.24, 2.45) is 0 Å². The lowest BCUT2D eigenvalue weighted by atomic mass is 10.1. The van der Waals surface area contributed by atoms with Gasteiger partial charge in [0.15, 0.2) is 11.5 Å². The van der Waals surface area contributed by atoms with Crippen molar-refractivity contribution >= 4 is 11.6 Å². The molecule has 2 aromatic rings. The molecule has 1 atom stereocenters. The zero-order valence-electron chi connectivity index (χ0n) is 10.1. The number of hydrogen-bond donors (Lipinski definition) is 1. The maximum atomic E-state index is 10.3. The summed E-state index contributed by atoms with van der Waals surface area (Å²) >= 11 is 6.19. The lowest BCUT2D eigenvalue weighted by Crippen LogP contribution is -2.01. The summed E-state index contributed by atoms with van der Waals surface area (Å²) in [5.41, 5.74) is 0.542. The monoisotopic (exact) mass is 280 g/mol. The molecular formula is C14H13ClO4. The van der Waals surface area contributed by atoms with Crippen LogP contribution in [0.2, 0.25) is 5.02 Å². The molecule has 0 amide bonds. The van der Waals surface area contributed by atoms with Crippen LogP contribution in [-0.2, 0) is 0 Å². The van der Waals surface area contributed by atoms with E-state index in [9.17, 15) is 5.11 Å². The number of ether oxygens (including phenoxy) is 2. The van der Waals surface area contributed by atoms with Crippen molar-refractivity contribution in [3.63, 3.8) is 0 Å². The highest BCUT2D eigenvalue weighted by Crippen LogP contribution is 2.39.